The van der Waals surface area contributed by atoms with Crippen molar-refractivity contribution in [2.45, 2.75) is 6.92 Å². The summed E-state index contributed by atoms with van der Waals surface area (Å²) in [6.45, 7) is 4.64. The number of ketones is 1. The molecule has 0 radical (unpaired) electrons. The number of nitro benzene ring substituents is 1. The molecule has 0 unspecified atom stereocenters. The molecule has 8 heteroatoms. The molecule has 1 aliphatic heterocycles. The molecule has 0 atom stereocenters. The van der Waals surface area contributed by atoms with Gasteiger partial charge in [0.1, 0.15) is 5.69 Å². The second-order valence-electron chi connectivity index (χ2n) is 6.21. The topological polar surface area (TPSA) is 88.2 Å². The lowest BCUT2D eigenvalue weighted by Gasteiger charge is -2.31. The third-order valence-electron chi connectivity index (χ3n) is 4.33. The van der Waals surface area contributed by atoms with Crippen LogP contribution in [-0.4, -0.2) is 68.3 Å². The first kappa shape index (κ1) is 17.9. The number of amides is 1. The monoisotopic (exact) mass is 335 g/mol. The van der Waals surface area contributed by atoms with Crippen molar-refractivity contribution in [1.29, 1.82) is 0 Å². The number of hydrogen-bond acceptors (Lipinski definition) is 5. The highest BCUT2D eigenvalue weighted by Gasteiger charge is 2.25. The number of nitro groups is 1. The summed E-state index contributed by atoms with van der Waals surface area (Å²) in [7, 11) is 3.74. The van der Waals surface area contributed by atoms with Crippen molar-refractivity contribution in [2.24, 2.45) is 0 Å². The van der Waals surface area contributed by atoms with Crippen LogP contribution < -0.4 is 9.80 Å². The lowest BCUT2D eigenvalue weighted by Crippen LogP contribution is -3.12. The predicted molar refractivity (Wildman–Crippen MR) is 89.6 cm³/mol. The molecule has 0 bridgehead atoms. The van der Waals surface area contributed by atoms with Gasteiger partial charge < -0.3 is 14.7 Å². The van der Waals surface area contributed by atoms with E-state index >= 15 is 0 Å². The van der Waals surface area contributed by atoms with Crippen LogP contribution in [0.5, 0.6) is 0 Å². The number of anilines is 1. The average molecular weight is 335 g/mol. The molecule has 1 aromatic carbocycles. The Balaban J connectivity index is 2.14. The molecular weight excluding hydrogens is 312 g/mol. The van der Waals surface area contributed by atoms with Crippen LogP contribution in [0.4, 0.5) is 11.4 Å². The number of quaternary nitrogens is 1. The van der Waals surface area contributed by atoms with Gasteiger partial charge in [-0.2, -0.15) is 0 Å². The summed E-state index contributed by atoms with van der Waals surface area (Å²) < 4.78 is 0. The van der Waals surface area contributed by atoms with Crippen molar-refractivity contribution < 1.29 is 19.4 Å². The molecule has 1 aromatic rings. The summed E-state index contributed by atoms with van der Waals surface area (Å²) in [5, 5.41) is 11.3. The molecule has 1 N–H and O–H groups in total. The Morgan fingerprint density at radius 2 is 1.96 bits per heavy atom. The number of piperazine rings is 1. The number of benzene rings is 1. The highest BCUT2D eigenvalue weighted by Crippen LogP contribution is 2.28. The fraction of sp³-hybridized carbons (Fsp3) is 0.500. The second kappa shape index (κ2) is 7.39. The maximum atomic E-state index is 12.4. The van der Waals surface area contributed by atoms with Crippen LogP contribution >= 0.6 is 0 Å². The molecule has 1 aliphatic rings. The lowest BCUT2D eigenvalue weighted by atomic mass is 10.1. The normalized spacial score (nSPS) is 15.2. The molecule has 24 heavy (non-hydrogen) atoms. The Morgan fingerprint density at radius 3 is 2.50 bits per heavy atom. The largest absolute Gasteiger partial charge is 0.360 e. The molecule has 0 aliphatic carbocycles. The Morgan fingerprint density at radius 1 is 1.33 bits per heavy atom. The van der Waals surface area contributed by atoms with Crippen LogP contribution in [0.3, 0.4) is 0 Å². The van der Waals surface area contributed by atoms with E-state index in [2.05, 4.69) is 7.05 Å². The number of carbonyl (C=O) groups is 2. The molecule has 0 aromatic heterocycles. The van der Waals surface area contributed by atoms with E-state index in [1.165, 1.54) is 24.0 Å². The third-order valence-corrected chi connectivity index (χ3v) is 4.33. The van der Waals surface area contributed by atoms with Crippen molar-refractivity contribution in [1.82, 2.24) is 4.90 Å². The molecule has 0 saturated carbocycles. The maximum absolute atomic E-state index is 12.4. The zero-order valence-electron chi connectivity index (χ0n) is 14.2. The number of carbonyl (C=O) groups excluding carboxylic acids is 2. The molecule has 8 nitrogen and oxygen atoms in total. The minimum atomic E-state index is -0.526. The van der Waals surface area contributed by atoms with E-state index in [9.17, 15) is 19.7 Å². The van der Waals surface area contributed by atoms with Gasteiger partial charge in [0.15, 0.2) is 5.78 Å². The SMILES string of the molecule is CC(=O)c1ccc(N(C)CC(=O)N2CC[NH+](C)CC2)c([N+](=O)[O-])c1. The minimum Gasteiger partial charge on any atom is -0.360 e. The Kier molecular flexibility index (Phi) is 5.50. The zero-order chi connectivity index (χ0) is 17.9. The molecule has 0 spiro atoms. The second-order valence-corrected chi connectivity index (χ2v) is 6.21. The number of rotatable bonds is 5. The standard InChI is InChI=1S/C16H22N4O4/c1-12(21)13-4-5-14(15(10-13)20(23)24)18(3)11-16(22)19-8-6-17(2)7-9-19/h4-5,10H,6-9,11H2,1-3H3/p+1. The predicted octanol–water partition coefficient (Wildman–Crippen LogP) is -0.409. The number of hydrogen-bond donors (Lipinski definition) is 1. The third kappa shape index (κ3) is 4.08. The molecule has 130 valence electrons. The van der Waals surface area contributed by atoms with E-state index in [1.54, 1.807) is 22.9 Å². The zero-order valence-corrected chi connectivity index (χ0v) is 14.2. The van der Waals surface area contributed by atoms with Crippen molar-refractivity contribution in [2.75, 3.05) is 51.7 Å². The molecule has 1 heterocycles. The Bertz CT molecular complexity index is 653. The van der Waals surface area contributed by atoms with Gasteiger partial charge in [0.2, 0.25) is 5.91 Å². The fourth-order valence-corrected chi connectivity index (χ4v) is 2.74. The molecule has 1 saturated heterocycles. The Labute approximate surface area is 140 Å². The van der Waals surface area contributed by atoms with E-state index in [0.29, 0.717) is 18.8 Å². The van der Waals surface area contributed by atoms with Crippen LogP contribution in [0.1, 0.15) is 17.3 Å². The van der Waals surface area contributed by atoms with Crippen molar-refractivity contribution >= 4 is 23.1 Å². The minimum absolute atomic E-state index is 0.0463. The van der Waals surface area contributed by atoms with Gasteiger partial charge in [-0.25, -0.2) is 0 Å². The summed E-state index contributed by atoms with van der Waals surface area (Å²) in [5.74, 6) is -0.279. The van der Waals surface area contributed by atoms with Gasteiger partial charge in [-0.1, -0.05) is 0 Å². The van der Waals surface area contributed by atoms with Crippen LogP contribution in [0.15, 0.2) is 18.2 Å². The van der Waals surface area contributed by atoms with Crippen LogP contribution in [0.25, 0.3) is 0 Å². The van der Waals surface area contributed by atoms with Gasteiger partial charge in [0, 0.05) is 18.7 Å². The molecular formula is C16H23N4O4+. The summed E-state index contributed by atoms with van der Waals surface area (Å²) in [6, 6.07) is 4.33. The summed E-state index contributed by atoms with van der Waals surface area (Å²) in [6.07, 6.45) is 0. The van der Waals surface area contributed by atoms with E-state index in [1.807, 2.05) is 0 Å². The maximum Gasteiger partial charge on any atom is 0.293 e. The molecule has 1 fully saturated rings. The summed E-state index contributed by atoms with van der Waals surface area (Å²) in [4.78, 5) is 39.3. The quantitative estimate of drug-likeness (QED) is 0.449. The van der Waals surface area contributed by atoms with Crippen LogP contribution in [0, 0.1) is 10.1 Å². The van der Waals surface area contributed by atoms with E-state index < -0.39 is 4.92 Å². The smallest absolute Gasteiger partial charge is 0.293 e. The van der Waals surface area contributed by atoms with E-state index in [4.69, 9.17) is 0 Å². The highest BCUT2D eigenvalue weighted by molar-refractivity contribution is 5.95. The van der Waals surface area contributed by atoms with Crippen LogP contribution in [0.2, 0.25) is 0 Å². The van der Waals surface area contributed by atoms with Gasteiger partial charge in [0.25, 0.3) is 5.69 Å². The van der Waals surface area contributed by atoms with E-state index in [-0.39, 0.29) is 29.5 Å². The fourth-order valence-electron chi connectivity index (χ4n) is 2.74. The number of nitrogens with one attached hydrogen (secondary N) is 1. The molecule has 1 amide bonds. The number of Topliss-reactive ketones (excluding diaryl/α,β-unsaturated/α-hetero) is 1. The average Bonchev–Trinajstić information content (AvgIpc) is 2.54. The van der Waals surface area contributed by atoms with Gasteiger partial charge in [-0.05, 0) is 19.1 Å². The highest BCUT2D eigenvalue weighted by atomic mass is 16.6. The van der Waals surface area contributed by atoms with Gasteiger partial charge in [-0.3, -0.25) is 19.7 Å². The van der Waals surface area contributed by atoms with E-state index in [0.717, 1.165) is 13.1 Å². The van der Waals surface area contributed by atoms with Crippen molar-refractivity contribution in [3.05, 3.63) is 33.9 Å². The summed E-state index contributed by atoms with van der Waals surface area (Å²) >= 11 is 0. The van der Waals surface area contributed by atoms with Crippen molar-refractivity contribution in [3.63, 3.8) is 0 Å². The van der Waals surface area contributed by atoms with Crippen LogP contribution in [-0.2, 0) is 4.79 Å². The van der Waals surface area contributed by atoms with Gasteiger partial charge >= 0.3 is 0 Å². The number of nitrogens with zero attached hydrogens (tertiary/aromatic N) is 3. The van der Waals surface area contributed by atoms with Gasteiger partial charge in [0.05, 0.1) is 44.7 Å². The van der Waals surface area contributed by atoms with Gasteiger partial charge in [-0.15, -0.1) is 0 Å². The Hall–Kier alpha value is -2.48. The van der Waals surface area contributed by atoms with Crippen molar-refractivity contribution in [3.8, 4) is 0 Å². The lowest BCUT2D eigenvalue weighted by molar-refractivity contribution is -0.883. The number of likely N-dealkylation sites (N-methyl/N-ethyl adjacent to an activating group) is 2. The molecule has 2 rings (SSSR count). The summed E-state index contributed by atoms with van der Waals surface area (Å²) in [5.41, 5.74) is 0.450. The first-order valence-corrected chi connectivity index (χ1v) is 7.89. The first-order chi connectivity index (χ1) is 11.3. The first-order valence-electron chi connectivity index (χ1n) is 7.89.